The highest BCUT2D eigenvalue weighted by Crippen LogP contribution is 2.33. The number of amides is 1. The zero-order valence-corrected chi connectivity index (χ0v) is 11.1. The number of halogens is 3. The summed E-state index contributed by atoms with van der Waals surface area (Å²) in [4.78, 5) is 11.4. The average Bonchev–Trinajstić information content (AvgIpc) is 2.37. The highest BCUT2D eigenvalue weighted by Gasteiger charge is 2.31. The molecular weight excluding hydrogens is 255 g/mol. The van der Waals surface area contributed by atoms with Crippen LogP contribution in [-0.2, 0) is 11.0 Å². The van der Waals surface area contributed by atoms with Gasteiger partial charge in [0, 0.05) is 13.5 Å². The first-order valence-electron chi connectivity index (χ1n) is 6.26. The third-order valence-corrected chi connectivity index (χ3v) is 3.03. The Morgan fingerprint density at radius 2 is 2.05 bits per heavy atom. The first-order valence-corrected chi connectivity index (χ1v) is 6.26. The van der Waals surface area contributed by atoms with Gasteiger partial charge in [-0.1, -0.05) is 31.5 Å². The van der Waals surface area contributed by atoms with E-state index < -0.39 is 11.7 Å². The molecule has 1 N–H and O–H groups in total. The van der Waals surface area contributed by atoms with Crippen molar-refractivity contribution in [2.75, 3.05) is 7.05 Å². The molecule has 1 atom stereocenters. The van der Waals surface area contributed by atoms with Crippen molar-refractivity contribution in [3.05, 3.63) is 35.4 Å². The van der Waals surface area contributed by atoms with Crippen LogP contribution in [-0.4, -0.2) is 13.0 Å². The molecule has 19 heavy (non-hydrogen) atoms. The Labute approximate surface area is 111 Å². The fourth-order valence-electron chi connectivity index (χ4n) is 2.03. The monoisotopic (exact) mass is 273 g/mol. The summed E-state index contributed by atoms with van der Waals surface area (Å²) < 4.78 is 38.0. The van der Waals surface area contributed by atoms with Crippen LogP contribution in [0.2, 0.25) is 0 Å². The van der Waals surface area contributed by atoms with Gasteiger partial charge in [0.15, 0.2) is 0 Å². The van der Waals surface area contributed by atoms with E-state index in [1.807, 2.05) is 6.92 Å². The molecule has 0 aliphatic rings. The number of nitrogens with one attached hydrogen (secondary N) is 1. The van der Waals surface area contributed by atoms with Crippen molar-refractivity contribution in [3.8, 4) is 0 Å². The molecule has 0 aliphatic carbocycles. The highest BCUT2D eigenvalue weighted by atomic mass is 19.4. The van der Waals surface area contributed by atoms with Gasteiger partial charge >= 0.3 is 6.18 Å². The van der Waals surface area contributed by atoms with Gasteiger partial charge in [-0.3, -0.25) is 4.79 Å². The second-order valence-electron chi connectivity index (χ2n) is 4.49. The molecule has 0 saturated carbocycles. The van der Waals surface area contributed by atoms with Crippen molar-refractivity contribution >= 4 is 5.91 Å². The van der Waals surface area contributed by atoms with Crippen molar-refractivity contribution in [2.24, 2.45) is 0 Å². The number of hydrogen-bond donors (Lipinski definition) is 1. The molecule has 0 radical (unpaired) electrons. The van der Waals surface area contributed by atoms with Crippen LogP contribution in [0.1, 0.15) is 43.2 Å². The van der Waals surface area contributed by atoms with E-state index in [0.29, 0.717) is 12.0 Å². The Balaban J connectivity index is 2.99. The molecule has 1 aromatic carbocycles. The molecule has 0 bridgehead atoms. The molecule has 0 saturated heterocycles. The predicted molar refractivity (Wildman–Crippen MR) is 67.8 cm³/mol. The summed E-state index contributed by atoms with van der Waals surface area (Å²) in [5.41, 5.74) is -0.0942. The van der Waals surface area contributed by atoms with Gasteiger partial charge in [0.2, 0.25) is 5.91 Å². The van der Waals surface area contributed by atoms with Crippen LogP contribution in [0.4, 0.5) is 13.2 Å². The number of carbonyl (C=O) groups is 1. The van der Waals surface area contributed by atoms with Crippen molar-refractivity contribution in [2.45, 2.75) is 38.3 Å². The van der Waals surface area contributed by atoms with Gasteiger partial charge in [-0.25, -0.2) is 0 Å². The van der Waals surface area contributed by atoms with E-state index in [1.165, 1.54) is 13.1 Å². The lowest BCUT2D eigenvalue weighted by molar-refractivity contribution is -0.137. The molecule has 106 valence electrons. The van der Waals surface area contributed by atoms with E-state index in [4.69, 9.17) is 0 Å². The van der Waals surface area contributed by atoms with Crippen LogP contribution >= 0.6 is 0 Å². The molecule has 1 unspecified atom stereocenters. The summed E-state index contributed by atoms with van der Waals surface area (Å²) in [6.07, 6.45) is -2.63. The van der Waals surface area contributed by atoms with E-state index in [1.54, 1.807) is 6.07 Å². The molecule has 2 nitrogen and oxygen atoms in total. The van der Waals surface area contributed by atoms with Gasteiger partial charge in [-0.05, 0) is 24.0 Å². The summed E-state index contributed by atoms with van der Waals surface area (Å²) in [5.74, 6) is -0.330. The van der Waals surface area contributed by atoms with Gasteiger partial charge in [0.25, 0.3) is 0 Å². The number of alkyl halides is 3. The van der Waals surface area contributed by atoms with Crippen LogP contribution in [0.3, 0.4) is 0 Å². The maximum atomic E-state index is 12.7. The smallest absolute Gasteiger partial charge is 0.359 e. The van der Waals surface area contributed by atoms with E-state index >= 15 is 0 Å². The normalized spacial score (nSPS) is 13.1. The second kappa shape index (κ2) is 6.59. The van der Waals surface area contributed by atoms with Gasteiger partial charge in [-0.2, -0.15) is 13.2 Å². The highest BCUT2D eigenvalue weighted by molar-refractivity contribution is 5.76. The third-order valence-electron chi connectivity index (χ3n) is 3.03. The maximum Gasteiger partial charge on any atom is 0.416 e. The Kier molecular flexibility index (Phi) is 5.39. The topological polar surface area (TPSA) is 29.1 Å². The molecule has 0 heterocycles. The number of rotatable bonds is 5. The first-order chi connectivity index (χ1) is 8.88. The lowest BCUT2D eigenvalue weighted by Gasteiger charge is -2.17. The summed E-state index contributed by atoms with van der Waals surface area (Å²) in [5, 5.41) is 2.51. The lowest BCUT2D eigenvalue weighted by Crippen LogP contribution is -2.20. The van der Waals surface area contributed by atoms with Gasteiger partial charge in [-0.15, -0.1) is 0 Å². The van der Waals surface area contributed by atoms with Crippen molar-refractivity contribution in [3.63, 3.8) is 0 Å². The van der Waals surface area contributed by atoms with Crippen LogP contribution in [0, 0.1) is 0 Å². The van der Waals surface area contributed by atoms with Crippen molar-refractivity contribution in [1.82, 2.24) is 5.32 Å². The largest absolute Gasteiger partial charge is 0.416 e. The number of carbonyl (C=O) groups excluding carboxylic acids is 1. The Bertz CT molecular complexity index is 429. The van der Waals surface area contributed by atoms with Crippen LogP contribution < -0.4 is 5.32 Å². The summed E-state index contributed by atoms with van der Waals surface area (Å²) in [6.45, 7) is 1.95. The Morgan fingerprint density at radius 3 is 2.58 bits per heavy atom. The minimum Gasteiger partial charge on any atom is -0.359 e. The van der Waals surface area contributed by atoms with Gasteiger partial charge in [0.05, 0.1) is 5.56 Å². The van der Waals surface area contributed by atoms with Crippen LogP contribution in [0.25, 0.3) is 0 Å². The van der Waals surface area contributed by atoms with Crippen molar-refractivity contribution in [1.29, 1.82) is 0 Å². The van der Waals surface area contributed by atoms with Gasteiger partial charge < -0.3 is 5.32 Å². The number of hydrogen-bond acceptors (Lipinski definition) is 1. The minimum absolute atomic E-state index is 0.157. The molecular formula is C14H18F3NO. The first kappa shape index (κ1) is 15.5. The molecule has 0 spiro atoms. The maximum absolute atomic E-state index is 12.7. The lowest BCUT2D eigenvalue weighted by atomic mass is 9.90. The van der Waals surface area contributed by atoms with E-state index in [2.05, 4.69) is 5.32 Å². The van der Waals surface area contributed by atoms with Crippen LogP contribution in [0.5, 0.6) is 0 Å². The Hall–Kier alpha value is -1.52. The standard InChI is InChI=1S/C14H18F3NO/c1-3-5-10(9-13(19)18-2)11-6-4-7-12(8-11)14(15,16)17/h4,6-8,10H,3,5,9H2,1-2H3,(H,18,19). The van der Waals surface area contributed by atoms with Crippen molar-refractivity contribution < 1.29 is 18.0 Å². The SMILES string of the molecule is CCCC(CC(=O)NC)c1cccc(C(F)(F)F)c1. The molecule has 1 aromatic rings. The zero-order chi connectivity index (χ0) is 14.5. The minimum atomic E-state index is -4.35. The zero-order valence-electron chi connectivity index (χ0n) is 11.1. The van der Waals surface area contributed by atoms with E-state index in [-0.39, 0.29) is 18.2 Å². The summed E-state index contributed by atoms with van der Waals surface area (Å²) in [7, 11) is 1.53. The summed E-state index contributed by atoms with van der Waals surface area (Å²) in [6, 6.07) is 5.23. The fourth-order valence-corrected chi connectivity index (χ4v) is 2.03. The third kappa shape index (κ3) is 4.58. The predicted octanol–water partition coefficient (Wildman–Crippen LogP) is 3.73. The molecule has 1 rings (SSSR count). The van der Waals surface area contributed by atoms with E-state index in [9.17, 15) is 18.0 Å². The van der Waals surface area contributed by atoms with E-state index in [0.717, 1.165) is 18.6 Å². The van der Waals surface area contributed by atoms with Crippen LogP contribution in [0.15, 0.2) is 24.3 Å². The molecule has 0 fully saturated rings. The quantitative estimate of drug-likeness (QED) is 0.870. The molecule has 0 aromatic heterocycles. The second-order valence-corrected chi connectivity index (χ2v) is 4.49. The molecule has 1 amide bonds. The molecule has 0 aliphatic heterocycles. The Morgan fingerprint density at radius 1 is 1.37 bits per heavy atom. The number of benzene rings is 1. The molecule has 5 heteroatoms. The van der Waals surface area contributed by atoms with Gasteiger partial charge in [0.1, 0.15) is 0 Å². The summed E-state index contributed by atoms with van der Waals surface area (Å²) >= 11 is 0. The fraction of sp³-hybridized carbons (Fsp3) is 0.500. The average molecular weight is 273 g/mol.